The molecule has 1 saturated heterocycles. The van der Waals surface area contributed by atoms with Crippen molar-refractivity contribution in [3.63, 3.8) is 0 Å². The number of rotatable bonds is 5. The Balaban J connectivity index is 1.46. The molecule has 1 N–H and O–H groups in total. The Morgan fingerprint density at radius 3 is 2.68 bits per heavy atom. The molecule has 3 aromatic rings. The highest BCUT2D eigenvalue weighted by Gasteiger charge is 2.13. The molecule has 1 aliphatic heterocycles. The molecular weight excluding hydrogens is 308 g/mol. The van der Waals surface area contributed by atoms with Crippen molar-refractivity contribution in [2.45, 2.75) is 38.3 Å². The Morgan fingerprint density at radius 2 is 1.92 bits per heavy atom. The Kier molecular flexibility index (Phi) is 4.89. The first-order valence-electron chi connectivity index (χ1n) is 9.11. The van der Waals surface area contributed by atoms with E-state index in [1.54, 1.807) is 12.7 Å². The molecule has 0 aliphatic carbocycles. The number of hydrogen-bond donors (Lipinski definition) is 1. The summed E-state index contributed by atoms with van der Waals surface area (Å²) < 4.78 is 1.84. The molecule has 4 rings (SSSR count). The van der Waals surface area contributed by atoms with Crippen LogP contribution in [-0.2, 0) is 13.0 Å². The molecule has 0 bridgehead atoms. The lowest BCUT2D eigenvalue weighted by Crippen LogP contribution is -2.35. The third-order valence-electron chi connectivity index (χ3n) is 4.92. The molecule has 1 atom stereocenters. The van der Waals surface area contributed by atoms with Crippen molar-refractivity contribution < 1.29 is 0 Å². The highest BCUT2D eigenvalue weighted by Crippen LogP contribution is 2.23. The zero-order valence-corrected chi connectivity index (χ0v) is 14.4. The molecule has 1 aliphatic rings. The van der Waals surface area contributed by atoms with Gasteiger partial charge in [-0.25, -0.2) is 9.67 Å². The topological polar surface area (TPSA) is 42.7 Å². The molecule has 4 heteroatoms. The van der Waals surface area contributed by atoms with E-state index in [0.717, 1.165) is 19.5 Å². The van der Waals surface area contributed by atoms with E-state index >= 15 is 0 Å². The van der Waals surface area contributed by atoms with Gasteiger partial charge in [0.2, 0.25) is 0 Å². The van der Waals surface area contributed by atoms with Crippen LogP contribution < -0.4 is 5.32 Å². The SMILES string of the molecule is c1cc(CC2CCCCN2)cc(-c2ccc(Cn3cncn3)cc2)c1. The second-order valence-electron chi connectivity index (χ2n) is 6.84. The fourth-order valence-corrected chi connectivity index (χ4v) is 3.56. The van der Waals surface area contributed by atoms with Gasteiger partial charge in [-0.2, -0.15) is 5.10 Å². The van der Waals surface area contributed by atoms with Crippen molar-refractivity contribution in [3.05, 3.63) is 72.3 Å². The van der Waals surface area contributed by atoms with Gasteiger partial charge >= 0.3 is 0 Å². The summed E-state index contributed by atoms with van der Waals surface area (Å²) in [5.74, 6) is 0. The van der Waals surface area contributed by atoms with Gasteiger partial charge in [0.05, 0.1) is 6.54 Å². The fraction of sp³-hybridized carbons (Fsp3) is 0.333. The molecule has 0 radical (unpaired) electrons. The monoisotopic (exact) mass is 332 g/mol. The van der Waals surface area contributed by atoms with Gasteiger partial charge in [-0.1, -0.05) is 55.0 Å². The second-order valence-corrected chi connectivity index (χ2v) is 6.84. The van der Waals surface area contributed by atoms with Gasteiger partial charge in [-0.15, -0.1) is 0 Å². The Hall–Kier alpha value is -2.46. The largest absolute Gasteiger partial charge is 0.314 e. The number of hydrogen-bond acceptors (Lipinski definition) is 3. The van der Waals surface area contributed by atoms with Crippen LogP contribution in [0.4, 0.5) is 0 Å². The molecule has 0 spiro atoms. The van der Waals surface area contributed by atoms with E-state index in [2.05, 4.69) is 63.9 Å². The lowest BCUT2D eigenvalue weighted by atomic mass is 9.95. The smallest absolute Gasteiger partial charge is 0.137 e. The zero-order chi connectivity index (χ0) is 16.9. The number of nitrogens with zero attached hydrogens (tertiary/aromatic N) is 3. The van der Waals surface area contributed by atoms with E-state index in [0.29, 0.717) is 6.04 Å². The average molecular weight is 332 g/mol. The average Bonchev–Trinajstić information content (AvgIpc) is 3.16. The van der Waals surface area contributed by atoms with Crippen LogP contribution >= 0.6 is 0 Å². The number of aromatic nitrogens is 3. The number of piperidine rings is 1. The highest BCUT2D eigenvalue weighted by molar-refractivity contribution is 5.64. The van der Waals surface area contributed by atoms with E-state index in [1.807, 2.05) is 4.68 Å². The maximum atomic E-state index is 4.16. The van der Waals surface area contributed by atoms with Crippen molar-refractivity contribution in [2.24, 2.45) is 0 Å². The summed E-state index contributed by atoms with van der Waals surface area (Å²) in [5.41, 5.74) is 5.21. The van der Waals surface area contributed by atoms with Crippen LogP contribution in [-0.4, -0.2) is 27.4 Å². The molecule has 1 fully saturated rings. The molecule has 4 nitrogen and oxygen atoms in total. The summed E-state index contributed by atoms with van der Waals surface area (Å²) >= 11 is 0. The summed E-state index contributed by atoms with van der Waals surface area (Å²) in [7, 11) is 0. The van der Waals surface area contributed by atoms with Gasteiger partial charge in [0.25, 0.3) is 0 Å². The molecule has 0 amide bonds. The molecule has 1 aromatic heterocycles. The van der Waals surface area contributed by atoms with Crippen molar-refractivity contribution in [1.29, 1.82) is 0 Å². The van der Waals surface area contributed by atoms with E-state index in [4.69, 9.17) is 0 Å². The van der Waals surface area contributed by atoms with Gasteiger partial charge in [0.15, 0.2) is 0 Å². The first kappa shape index (κ1) is 16.0. The predicted octanol–water partition coefficient (Wildman–Crippen LogP) is 3.68. The van der Waals surface area contributed by atoms with E-state index < -0.39 is 0 Å². The Labute approximate surface area is 148 Å². The summed E-state index contributed by atoms with van der Waals surface area (Å²) in [6.07, 6.45) is 8.40. The lowest BCUT2D eigenvalue weighted by Gasteiger charge is -2.23. The van der Waals surface area contributed by atoms with Crippen LogP contribution in [0.25, 0.3) is 11.1 Å². The Bertz CT molecular complexity index is 787. The van der Waals surface area contributed by atoms with Crippen molar-refractivity contribution in [2.75, 3.05) is 6.54 Å². The quantitative estimate of drug-likeness (QED) is 0.775. The van der Waals surface area contributed by atoms with Crippen molar-refractivity contribution in [3.8, 4) is 11.1 Å². The molecule has 2 heterocycles. The third-order valence-corrected chi connectivity index (χ3v) is 4.92. The minimum atomic E-state index is 0.633. The maximum Gasteiger partial charge on any atom is 0.137 e. The van der Waals surface area contributed by atoms with Gasteiger partial charge in [-0.3, -0.25) is 0 Å². The van der Waals surface area contributed by atoms with Crippen LogP contribution in [0, 0.1) is 0 Å². The van der Waals surface area contributed by atoms with Gasteiger partial charge in [-0.05, 0) is 48.1 Å². The molecule has 25 heavy (non-hydrogen) atoms. The second kappa shape index (κ2) is 7.62. The lowest BCUT2D eigenvalue weighted by molar-refractivity contribution is 0.399. The maximum absolute atomic E-state index is 4.16. The van der Waals surface area contributed by atoms with Crippen LogP contribution in [0.5, 0.6) is 0 Å². The van der Waals surface area contributed by atoms with Crippen molar-refractivity contribution in [1.82, 2.24) is 20.1 Å². The van der Waals surface area contributed by atoms with Crippen LogP contribution in [0.3, 0.4) is 0 Å². The van der Waals surface area contributed by atoms with Crippen LogP contribution in [0.1, 0.15) is 30.4 Å². The standard InChI is InChI=1S/C21H24N4/c1-2-11-23-21(6-1)13-18-4-3-5-20(12-18)19-9-7-17(8-10-19)14-25-16-22-15-24-25/h3-5,7-10,12,15-16,21,23H,1-2,6,11,13-14H2. The summed E-state index contributed by atoms with van der Waals surface area (Å²) in [5, 5.41) is 7.80. The van der Waals surface area contributed by atoms with E-state index in [-0.39, 0.29) is 0 Å². The van der Waals surface area contributed by atoms with Gasteiger partial charge < -0.3 is 5.32 Å². The molecule has 128 valence electrons. The van der Waals surface area contributed by atoms with Crippen molar-refractivity contribution >= 4 is 0 Å². The molecule has 2 aromatic carbocycles. The van der Waals surface area contributed by atoms with E-state index in [9.17, 15) is 0 Å². The third kappa shape index (κ3) is 4.15. The minimum absolute atomic E-state index is 0.633. The molecule has 0 saturated carbocycles. The molecular formula is C21H24N4. The first-order valence-corrected chi connectivity index (χ1v) is 9.11. The minimum Gasteiger partial charge on any atom is -0.314 e. The van der Waals surface area contributed by atoms with E-state index in [1.165, 1.54) is 41.5 Å². The number of nitrogens with one attached hydrogen (secondary N) is 1. The number of benzene rings is 2. The highest BCUT2D eigenvalue weighted by atomic mass is 15.3. The predicted molar refractivity (Wildman–Crippen MR) is 100 cm³/mol. The van der Waals surface area contributed by atoms with Crippen LogP contribution in [0.2, 0.25) is 0 Å². The van der Waals surface area contributed by atoms with Gasteiger partial charge in [0.1, 0.15) is 12.7 Å². The molecule has 1 unspecified atom stereocenters. The Morgan fingerprint density at radius 1 is 1.00 bits per heavy atom. The normalized spacial score (nSPS) is 17.5. The summed E-state index contributed by atoms with van der Waals surface area (Å²) in [6, 6.07) is 18.3. The summed E-state index contributed by atoms with van der Waals surface area (Å²) in [6.45, 7) is 1.92. The fourth-order valence-electron chi connectivity index (χ4n) is 3.56. The summed E-state index contributed by atoms with van der Waals surface area (Å²) in [4.78, 5) is 3.99. The van der Waals surface area contributed by atoms with Crippen LogP contribution in [0.15, 0.2) is 61.2 Å². The first-order chi connectivity index (χ1) is 12.4. The van der Waals surface area contributed by atoms with Gasteiger partial charge in [0, 0.05) is 6.04 Å². The zero-order valence-electron chi connectivity index (χ0n) is 14.4.